The van der Waals surface area contributed by atoms with E-state index in [4.69, 9.17) is 15.0 Å². The fourth-order valence-corrected chi connectivity index (χ4v) is 6.62. The van der Waals surface area contributed by atoms with E-state index in [1.807, 2.05) is 48.7 Å². The number of fused-ring (bicyclic) bond motifs is 3. The van der Waals surface area contributed by atoms with E-state index in [9.17, 15) is 0 Å². The molecule has 0 aliphatic heterocycles. The number of aromatic nitrogens is 4. The molecule has 2 aromatic heterocycles. The second kappa shape index (κ2) is 12.7. The molecule has 0 fully saturated rings. The van der Waals surface area contributed by atoms with Crippen molar-refractivity contribution in [2.75, 3.05) is 0 Å². The first-order valence-corrected chi connectivity index (χ1v) is 16.7. The number of benzene rings is 7. The Kier molecular flexibility index (Phi) is 7.45. The molecule has 9 aromatic rings. The quantitative estimate of drug-likeness (QED) is 0.170. The lowest BCUT2D eigenvalue weighted by Crippen LogP contribution is -2.00. The smallest absolute Gasteiger partial charge is 0.164 e. The van der Waals surface area contributed by atoms with Crippen LogP contribution in [-0.4, -0.2) is 19.9 Å². The average molecular weight is 639 g/mol. The van der Waals surface area contributed by atoms with E-state index in [-0.39, 0.29) is 0 Å². The van der Waals surface area contributed by atoms with Gasteiger partial charge in [0.1, 0.15) is 0 Å². The third-order valence-corrected chi connectivity index (χ3v) is 9.20. The van der Waals surface area contributed by atoms with Crippen LogP contribution < -0.4 is 0 Å². The molecule has 7 aromatic carbocycles. The summed E-state index contributed by atoms with van der Waals surface area (Å²) in [5, 5.41) is 3.50. The Morgan fingerprint density at radius 3 is 1.46 bits per heavy atom. The van der Waals surface area contributed by atoms with Crippen LogP contribution in [0.15, 0.2) is 182 Å². The van der Waals surface area contributed by atoms with Crippen molar-refractivity contribution < 1.29 is 0 Å². The molecule has 0 amide bonds. The Bertz CT molecular complexity index is 2620. The highest BCUT2D eigenvalue weighted by Crippen LogP contribution is 2.35. The summed E-state index contributed by atoms with van der Waals surface area (Å²) in [4.78, 5) is 19.5. The van der Waals surface area contributed by atoms with E-state index in [0.717, 1.165) is 49.7 Å². The predicted molar refractivity (Wildman–Crippen MR) is 205 cm³/mol. The number of pyridine rings is 1. The van der Waals surface area contributed by atoms with E-state index in [1.54, 1.807) is 0 Å². The van der Waals surface area contributed by atoms with Crippen molar-refractivity contribution in [2.24, 2.45) is 0 Å². The topological polar surface area (TPSA) is 51.6 Å². The summed E-state index contributed by atoms with van der Waals surface area (Å²) in [5.74, 6) is 1.92. The first-order chi connectivity index (χ1) is 24.8. The van der Waals surface area contributed by atoms with Gasteiger partial charge in [0, 0.05) is 33.7 Å². The molecule has 0 atom stereocenters. The van der Waals surface area contributed by atoms with Gasteiger partial charge in [0.15, 0.2) is 17.5 Å². The summed E-state index contributed by atoms with van der Waals surface area (Å²) in [6, 6.07) is 61.0. The standard InChI is InChI=1S/C46H30N4/c1-3-10-31(11-4-1)32-19-23-36(24-20-32)45-48-44(35-12-5-2-6-13-35)49-46(50-45)37-25-21-33(22-26-37)38-14-7-15-39(30-38)40-17-8-18-42-41(40)28-27-34-16-9-29-47-43(34)42/h1-30H. The molecule has 0 saturated carbocycles. The summed E-state index contributed by atoms with van der Waals surface area (Å²) in [7, 11) is 0. The molecule has 4 nitrogen and oxygen atoms in total. The SMILES string of the molecule is c1ccc(-c2ccc(-c3nc(-c4ccccc4)nc(-c4ccc(-c5cccc(-c6cccc7c6ccc6cccnc67)c5)cc4)n3)cc2)cc1. The minimum absolute atomic E-state index is 0.637. The summed E-state index contributed by atoms with van der Waals surface area (Å²) >= 11 is 0. The lowest BCUT2D eigenvalue weighted by Gasteiger charge is -2.11. The summed E-state index contributed by atoms with van der Waals surface area (Å²) in [6.07, 6.45) is 1.86. The Balaban J connectivity index is 1.07. The Morgan fingerprint density at radius 2 is 0.800 bits per heavy atom. The molecule has 234 valence electrons. The average Bonchev–Trinajstić information content (AvgIpc) is 3.21. The molecule has 0 saturated heterocycles. The van der Waals surface area contributed by atoms with Crippen molar-refractivity contribution in [3.8, 4) is 67.5 Å². The molecule has 4 heteroatoms. The molecule has 0 radical (unpaired) electrons. The van der Waals surface area contributed by atoms with Gasteiger partial charge in [-0.2, -0.15) is 0 Å². The Hall–Kier alpha value is -6.78. The lowest BCUT2D eigenvalue weighted by atomic mass is 9.94. The van der Waals surface area contributed by atoms with Crippen molar-refractivity contribution in [2.45, 2.75) is 0 Å². The third kappa shape index (κ3) is 5.59. The monoisotopic (exact) mass is 638 g/mol. The van der Waals surface area contributed by atoms with Crippen molar-refractivity contribution in [3.63, 3.8) is 0 Å². The molecular formula is C46H30N4. The van der Waals surface area contributed by atoms with Gasteiger partial charge in [-0.1, -0.05) is 164 Å². The van der Waals surface area contributed by atoms with Gasteiger partial charge in [0.2, 0.25) is 0 Å². The van der Waals surface area contributed by atoms with Gasteiger partial charge in [-0.25, -0.2) is 15.0 Å². The van der Waals surface area contributed by atoms with E-state index in [0.29, 0.717) is 17.5 Å². The number of hydrogen-bond acceptors (Lipinski definition) is 4. The molecule has 0 bridgehead atoms. The van der Waals surface area contributed by atoms with Crippen LogP contribution in [0.3, 0.4) is 0 Å². The first kappa shape index (κ1) is 29.4. The molecule has 2 heterocycles. The maximum Gasteiger partial charge on any atom is 0.164 e. The fourth-order valence-electron chi connectivity index (χ4n) is 6.62. The molecule has 0 unspecified atom stereocenters. The fraction of sp³-hybridized carbons (Fsp3) is 0. The van der Waals surface area contributed by atoms with Crippen LogP contribution in [0.5, 0.6) is 0 Å². The van der Waals surface area contributed by atoms with Crippen LogP contribution in [-0.2, 0) is 0 Å². The molecule has 0 aliphatic rings. The first-order valence-electron chi connectivity index (χ1n) is 16.7. The third-order valence-electron chi connectivity index (χ3n) is 9.20. The van der Waals surface area contributed by atoms with Crippen molar-refractivity contribution in [1.29, 1.82) is 0 Å². The van der Waals surface area contributed by atoms with Crippen LogP contribution in [0, 0.1) is 0 Å². The van der Waals surface area contributed by atoms with E-state index >= 15 is 0 Å². The molecule has 0 aliphatic carbocycles. The van der Waals surface area contributed by atoms with Gasteiger partial charge >= 0.3 is 0 Å². The number of rotatable bonds is 6. The minimum atomic E-state index is 0.637. The van der Waals surface area contributed by atoms with Crippen LogP contribution in [0.25, 0.3) is 89.2 Å². The van der Waals surface area contributed by atoms with Gasteiger partial charge in [-0.3, -0.25) is 4.98 Å². The zero-order valence-corrected chi connectivity index (χ0v) is 27.1. The molecule has 50 heavy (non-hydrogen) atoms. The van der Waals surface area contributed by atoms with E-state index in [1.165, 1.54) is 22.1 Å². The molecule has 0 spiro atoms. The van der Waals surface area contributed by atoms with Crippen molar-refractivity contribution >= 4 is 21.7 Å². The summed E-state index contributed by atoms with van der Waals surface area (Å²) < 4.78 is 0. The maximum atomic E-state index is 4.98. The van der Waals surface area contributed by atoms with Gasteiger partial charge in [-0.15, -0.1) is 0 Å². The van der Waals surface area contributed by atoms with E-state index in [2.05, 4.69) is 138 Å². The highest BCUT2D eigenvalue weighted by atomic mass is 15.0. The Labute approximate surface area is 290 Å². The number of nitrogens with zero attached hydrogens (tertiary/aromatic N) is 4. The second-order valence-corrected chi connectivity index (χ2v) is 12.3. The minimum Gasteiger partial charge on any atom is -0.256 e. The molecular weight excluding hydrogens is 609 g/mol. The largest absolute Gasteiger partial charge is 0.256 e. The van der Waals surface area contributed by atoms with Crippen molar-refractivity contribution in [3.05, 3.63) is 182 Å². The predicted octanol–water partition coefficient (Wildman–Crippen LogP) is 11.6. The van der Waals surface area contributed by atoms with Crippen LogP contribution in [0.1, 0.15) is 0 Å². The summed E-state index contributed by atoms with van der Waals surface area (Å²) in [6.45, 7) is 0. The zero-order chi connectivity index (χ0) is 33.3. The van der Waals surface area contributed by atoms with Crippen LogP contribution in [0.4, 0.5) is 0 Å². The molecule has 9 rings (SSSR count). The van der Waals surface area contributed by atoms with Gasteiger partial charge < -0.3 is 0 Å². The highest BCUT2D eigenvalue weighted by Gasteiger charge is 2.14. The highest BCUT2D eigenvalue weighted by molar-refractivity contribution is 6.10. The summed E-state index contributed by atoms with van der Waals surface area (Å²) in [5.41, 5.74) is 10.8. The normalized spacial score (nSPS) is 11.2. The van der Waals surface area contributed by atoms with Gasteiger partial charge in [0.25, 0.3) is 0 Å². The second-order valence-electron chi connectivity index (χ2n) is 12.3. The number of hydrogen-bond donors (Lipinski definition) is 0. The van der Waals surface area contributed by atoms with Crippen LogP contribution in [0.2, 0.25) is 0 Å². The maximum absolute atomic E-state index is 4.98. The van der Waals surface area contributed by atoms with Crippen LogP contribution >= 0.6 is 0 Å². The lowest BCUT2D eigenvalue weighted by molar-refractivity contribution is 1.07. The Morgan fingerprint density at radius 1 is 0.300 bits per heavy atom. The van der Waals surface area contributed by atoms with E-state index < -0.39 is 0 Å². The molecule has 0 N–H and O–H groups in total. The van der Waals surface area contributed by atoms with Gasteiger partial charge in [-0.05, 0) is 50.9 Å². The zero-order valence-electron chi connectivity index (χ0n) is 27.1. The van der Waals surface area contributed by atoms with Gasteiger partial charge in [0.05, 0.1) is 5.52 Å². The van der Waals surface area contributed by atoms with Crippen molar-refractivity contribution in [1.82, 2.24) is 19.9 Å².